The van der Waals surface area contributed by atoms with Gasteiger partial charge in [0.2, 0.25) is 0 Å². The van der Waals surface area contributed by atoms with Crippen LogP contribution in [0.2, 0.25) is 0 Å². The highest BCUT2D eigenvalue weighted by atomic mass is 32.2. The average Bonchev–Trinajstić information content (AvgIpc) is 2.18. The van der Waals surface area contributed by atoms with Crippen LogP contribution in [0.5, 0.6) is 0 Å². The number of hydrogen-bond acceptors (Lipinski definition) is 4. The molecule has 13 heavy (non-hydrogen) atoms. The quantitative estimate of drug-likeness (QED) is 0.682. The van der Waals surface area contributed by atoms with Crippen LogP contribution in [0.25, 0.3) is 0 Å². The largest absolute Gasteiger partial charge is 0.460 e. The summed E-state index contributed by atoms with van der Waals surface area (Å²) in [5, 5.41) is 1.14. The fourth-order valence-corrected chi connectivity index (χ4v) is 3.27. The van der Waals surface area contributed by atoms with Crippen molar-refractivity contribution in [3.05, 3.63) is 0 Å². The van der Waals surface area contributed by atoms with Crippen molar-refractivity contribution in [2.24, 2.45) is 5.92 Å². The first-order valence-corrected chi connectivity index (χ1v) is 6.91. The fourth-order valence-electron chi connectivity index (χ4n) is 0.981. The van der Waals surface area contributed by atoms with Crippen molar-refractivity contribution < 1.29 is 9.53 Å². The maximum absolute atomic E-state index is 11.4. The van der Waals surface area contributed by atoms with Crippen LogP contribution in [0.15, 0.2) is 0 Å². The molecule has 0 saturated carbocycles. The van der Waals surface area contributed by atoms with E-state index < -0.39 is 0 Å². The summed E-state index contributed by atoms with van der Waals surface area (Å²) in [5.74, 6) is 1.96. The number of rotatable bonds is 3. The Morgan fingerprint density at radius 3 is 2.69 bits per heavy atom. The highest BCUT2D eigenvalue weighted by Crippen LogP contribution is 2.23. The molecule has 0 radical (unpaired) electrons. The van der Waals surface area contributed by atoms with E-state index in [0.29, 0.717) is 0 Å². The zero-order chi connectivity index (χ0) is 9.68. The maximum Gasteiger partial charge on any atom is 0.308 e. The number of hydrogen-bond donors (Lipinski definition) is 0. The summed E-state index contributed by atoms with van der Waals surface area (Å²) in [6.07, 6.45) is 1.01. The molecular weight excluding hydrogens is 204 g/mol. The molecule has 1 heterocycles. The molecular formula is C9H16O2S2. The predicted molar refractivity (Wildman–Crippen MR) is 59.1 cm³/mol. The van der Waals surface area contributed by atoms with Crippen LogP contribution in [0.1, 0.15) is 20.3 Å². The van der Waals surface area contributed by atoms with Crippen LogP contribution < -0.4 is 0 Å². The zero-order valence-electron chi connectivity index (χ0n) is 8.12. The van der Waals surface area contributed by atoms with Crippen LogP contribution in [-0.2, 0) is 9.53 Å². The molecule has 2 nitrogen and oxygen atoms in total. The van der Waals surface area contributed by atoms with Gasteiger partial charge in [-0.05, 0) is 6.42 Å². The Hall–Kier alpha value is 0.170. The molecule has 1 fully saturated rings. The lowest BCUT2D eigenvalue weighted by molar-refractivity contribution is -0.151. The first-order valence-electron chi connectivity index (χ1n) is 4.60. The van der Waals surface area contributed by atoms with E-state index in [1.54, 1.807) is 0 Å². The minimum absolute atomic E-state index is 0.0319. The average molecular weight is 220 g/mol. The Balaban J connectivity index is 2.26. The summed E-state index contributed by atoms with van der Waals surface area (Å²) in [4.78, 5) is 11.4. The third-order valence-corrected chi connectivity index (χ3v) is 4.62. The van der Waals surface area contributed by atoms with Crippen LogP contribution in [0.4, 0.5) is 0 Å². The normalized spacial score (nSPS) is 21.1. The molecule has 0 amide bonds. The Labute approximate surface area is 88.2 Å². The van der Waals surface area contributed by atoms with E-state index >= 15 is 0 Å². The summed E-state index contributed by atoms with van der Waals surface area (Å²) < 4.78 is 5.36. The molecule has 4 heteroatoms. The molecule has 1 unspecified atom stereocenters. The van der Waals surface area contributed by atoms with Crippen molar-refractivity contribution in [1.29, 1.82) is 0 Å². The Morgan fingerprint density at radius 2 is 2.15 bits per heavy atom. The van der Waals surface area contributed by atoms with Crippen LogP contribution in [0, 0.1) is 5.92 Å². The van der Waals surface area contributed by atoms with Crippen LogP contribution >= 0.6 is 23.5 Å². The van der Waals surface area contributed by atoms with E-state index in [4.69, 9.17) is 4.74 Å². The first-order chi connectivity index (χ1) is 6.24. The number of esters is 1. The van der Waals surface area contributed by atoms with Crippen molar-refractivity contribution in [2.75, 3.05) is 16.6 Å². The van der Waals surface area contributed by atoms with Gasteiger partial charge in [0.05, 0.1) is 5.92 Å². The van der Waals surface area contributed by atoms with Gasteiger partial charge in [0, 0.05) is 16.6 Å². The minimum atomic E-state index is -0.0319. The van der Waals surface area contributed by atoms with Gasteiger partial charge in [0.15, 0.2) is 0 Å². The smallest absolute Gasteiger partial charge is 0.308 e. The molecule has 0 aromatic rings. The van der Waals surface area contributed by atoms with Crippen LogP contribution in [0.3, 0.4) is 0 Å². The topological polar surface area (TPSA) is 26.3 Å². The highest BCUT2D eigenvalue weighted by Gasteiger charge is 2.20. The fraction of sp³-hybridized carbons (Fsp3) is 0.889. The maximum atomic E-state index is 11.4. The minimum Gasteiger partial charge on any atom is -0.460 e. The summed E-state index contributed by atoms with van der Waals surface area (Å²) in [7, 11) is 0. The Bertz CT molecular complexity index is 167. The van der Waals surface area contributed by atoms with Gasteiger partial charge in [0.1, 0.15) is 6.10 Å². The summed E-state index contributed by atoms with van der Waals surface area (Å²) in [5.41, 5.74) is 0. The van der Waals surface area contributed by atoms with Crippen LogP contribution in [-0.4, -0.2) is 28.7 Å². The van der Waals surface area contributed by atoms with Gasteiger partial charge >= 0.3 is 5.97 Å². The molecule has 0 aromatic carbocycles. The molecule has 1 rings (SSSR count). The number of carbonyl (C=O) groups excluding carboxylic acids is 1. The standard InChI is InChI=1S/C9H16O2S2/c1-3-7(2)9(10)11-8-4-12-6-13-5-8/h7-8H,3-6H2,1-2H3. The molecule has 0 N–H and O–H groups in total. The summed E-state index contributed by atoms with van der Waals surface area (Å²) in [6.45, 7) is 3.93. The van der Waals surface area contributed by atoms with Crippen molar-refractivity contribution >= 4 is 29.5 Å². The number of ether oxygens (including phenoxy) is 1. The second-order valence-corrected chi connectivity index (χ2v) is 5.65. The molecule has 0 aromatic heterocycles. The molecule has 0 aliphatic carbocycles. The molecule has 0 spiro atoms. The zero-order valence-corrected chi connectivity index (χ0v) is 9.75. The van der Waals surface area contributed by atoms with Crippen molar-refractivity contribution in [2.45, 2.75) is 26.4 Å². The number of carbonyl (C=O) groups is 1. The molecule has 76 valence electrons. The van der Waals surface area contributed by atoms with Crippen molar-refractivity contribution in [1.82, 2.24) is 0 Å². The molecule has 1 aliphatic heterocycles. The molecule has 1 saturated heterocycles. The second kappa shape index (κ2) is 5.81. The van der Waals surface area contributed by atoms with Crippen molar-refractivity contribution in [3.63, 3.8) is 0 Å². The first kappa shape index (κ1) is 11.2. The van der Waals surface area contributed by atoms with E-state index in [-0.39, 0.29) is 18.0 Å². The van der Waals surface area contributed by atoms with Crippen molar-refractivity contribution in [3.8, 4) is 0 Å². The summed E-state index contributed by atoms with van der Waals surface area (Å²) >= 11 is 3.70. The van der Waals surface area contributed by atoms with Gasteiger partial charge in [-0.1, -0.05) is 13.8 Å². The van der Waals surface area contributed by atoms with Gasteiger partial charge < -0.3 is 4.74 Å². The predicted octanol–water partition coefficient (Wildman–Crippen LogP) is 2.38. The summed E-state index contributed by atoms with van der Waals surface area (Å²) in [6, 6.07) is 0. The van der Waals surface area contributed by atoms with Gasteiger partial charge in [-0.25, -0.2) is 0 Å². The molecule has 1 aliphatic rings. The number of thioether (sulfide) groups is 2. The SMILES string of the molecule is CCC(C)C(=O)OC1CSCSC1. The Kier molecular flexibility index (Phi) is 5.02. The highest BCUT2D eigenvalue weighted by molar-refractivity contribution is 8.16. The monoisotopic (exact) mass is 220 g/mol. The molecule has 0 bridgehead atoms. The van der Waals surface area contributed by atoms with E-state index in [1.807, 2.05) is 37.4 Å². The third kappa shape index (κ3) is 3.81. The van der Waals surface area contributed by atoms with E-state index in [0.717, 1.165) is 23.0 Å². The lowest BCUT2D eigenvalue weighted by atomic mass is 10.1. The lowest BCUT2D eigenvalue weighted by Gasteiger charge is -2.22. The molecule has 1 atom stereocenters. The van der Waals surface area contributed by atoms with E-state index in [9.17, 15) is 4.79 Å². The second-order valence-electron chi connectivity index (χ2n) is 3.23. The van der Waals surface area contributed by atoms with Gasteiger partial charge in [0.25, 0.3) is 0 Å². The van der Waals surface area contributed by atoms with Gasteiger partial charge in [-0.3, -0.25) is 4.79 Å². The van der Waals surface area contributed by atoms with Gasteiger partial charge in [-0.2, -0.15) is 0 Å². The van der Waals surface area contributed by atoms with E-state index in [1.165, 1.54) is 0 Å². The Morgan fingerprint density at radius 1 is 1.54 bits per heavy atom. The van der Waals surface area contributed by atoms with Gasteiger partial charge in [-0.15, -0.1) is 23.5 Å². The third-order valence-electron chi connectivity index (χ3n) is 2.07. The lowest BCUT2D eigenvalue weighted by Crippen LogP contribution is -2.28. The van der Waals surface area contributed by atoms with E-state index in [2.05, 4.69) is 0 Å².